The van der Waals surface area contributed by atoms with E-state index >= 15 is 0 Å². The van der Waals surface area contributed by atoms with Crippen molar-refractivity contribution in [2.75, 3.05) is 0 Å². The number of fused-ring (bicyclic) bond motifs is 18. The van der Waals surface area contributed by atoms with Crippen molar-refractivity contribution in [2.45, 2.75) is 54.9 Å². The van der Waals surface area contributed by atoms with Crippen LogP contribution in [0.25, 0.3) is 214 Å². The van der Waals surface area contributed by atoms with E-state index in [-0.39, 0.29) is 0 Å². The van der Waals surface area contributed by atoms with Crippen LogP contribution < -0.4 is 0 Å². The lowest BCUT2D eigenvalue weighted by Gasteiger charge is -2.18. The SMILES string of the molecule is CCc1nc2ccccc2n1-c1ccc(C)cc1.Cc1c2ccccc2c(-c2ccc3ccccc3c2)c2ccccc12.Cc1c2ccccc2c(-c2cccc3ccccc23)c2ccccc12.Cc1ccc(-n2c(-c3ccccc3)nc3ccccc32)cc1.Cc1ccc2c(-c3ccccc3)c3ccccc3c(-c3ccccc3)c2c1.Cc1ccc2c(c1)c1ccccc1c1nc3ccccc3n21. The Bertz CT molecular complexity index is 9170. The number of para-hydroxylation sites is 6. The van der Waals surface area contributed by atoms with Crippen LogP contribution in [0.15, 0.2) is 479 Å². The largest absolute Gasteiger partial charge is 0.296 e. The van der Waals surface area contributed by atoms with Crippen LogP contribution in [0.4, 0.5) is 0 Å². The lowest BCUT2D eigenvalue weighted by molar-refractivity contribution is 0.908. The van der Waals surface area contributed by atoms with Crippen LogP contribution in [-0.2, 0) is 6.42 Å². The number of nitrogens with zero attached hydrogens (tertiary/aromatic N) is 6. The van der Waals surface area contributed by atoms with Crippen molar-refractivity contribution in [1.82, 2.24) is 28.5 Å². The van der Waals surface area contributed by atoms with Gasteiger partial charge in [0.2, 0.25) is 0 Å². The number of hydrogen-bond acceptors (Lipinski definition) is 3. The summed E-state index contributed by atoms with van der Waals surface area (Å²) in [5.74, 6) is 2.09. The molecule has 27 rings (SSSR count). The van der Waals surface area contributed by atoms with Crippen LogP contribution in [-0.4, -0.2) is 28.5 Å². The Kier molecular flexibility index (Phi) is 23.8. The fourth-order valence-electron chi connectivity index (χ4n) is 20.7. The Balaban J connectivity index is 0.0000000965. The van der Waals surface area contributed by atoms with Gasteiger partial charge in [-0.05, 0) is 268 Å². The number of hydrogen-bond donors (Lipinski definition) is 0. The standard InChI is InChI=1S/C27H20.2C25H18.C20H14N2.C20H16N2.C16H16N2/c1-19-16-17-24-25(18-19)27(21-12-6-3-7-13-21)23-15-9-8-14-22(23)26(24)20-10-4-2-5-11-20;1-17-19-11-4-6-14-22(19)25(23-15-7-5-12-20(17)23)24-16-8-10-18-9-2-3-13-21(18)24;1-17-21-10-4-6-12-23(21)25(24-13-7-5-11-22(17)24)20-15-14-18-8-2-3-9-19(18)16-20;1-13-10-11-18-16(12-13)14-6-2-3-7-15(14)20-21-17-8-4-5-9-19(17)22(18)20;1-15-11-13-17(14-12-15)22-19-10-6-5-9-18(19)21-20(22)16-7-3-2-4-8-16;1-3-16-17-14-6-4-5-7-15(14)18(16)13-10-8-12(2)9-11-13/h2-18H,1H3;2*2-16H,1H3;2-12H,1H3;2-14H,1H3;4-11H,3H2,1-2H3. The molecule has 0 fully saturated rings. The molecule has 0 bridgehead atoms. The second-order valence-electron chi connectivity index (χ2n) is 36.2. The van der Waals surface area contributed by atoms with E-state index in [1.54, 1.807) is 0 Å². The van der Waals surface area contributed by atoms with Gasteiger partial charge in [-0.1, -0.05) is 430 Å². The number of imidazole rings is 3. The highest BCUT2D eigenvalue weighted by Crippen LogP contribution is 2.47. The summed E-state index contributed by atoms with van der Waals surface area (Å²) in [6.07, 6.45) is 0.933. The maximum absolute atomic E-state index is 4.88. The van der Waals surface area contributed by atoms with Crippen LogP contribution in [0.1, 0.15) is 46.1 Å². The summed E-state index contributed by atoms with van der Waals surface area (Å²) in [6, 6.07) is 170. The van der Waals surface area contributed by atoms with Crippen LogP contribution in [0.3, 0.4) is 0 Å². The summed E-state index contributed by atoms with van der Waals surface area (Å²) in [7, 11) is 0. The highest BCUT2D eigenvalue weighted by Gasteiger charge is 2.22. The Morgan fingerprint density at radius 1 is 0.201 bits per heavy atom. The lowest BCUT2D eigenvalue weighted by atomic mass is 9.85. The Morgan fingerprint density at radius 2 is 0.568 bits per heavy atom. The maximum atomic E-state index is 4.88. The second-order valence-corrected chi connectivity index (χ2v) is 36.2. The molecule has 0 saturated heterocycles. The van der Waals surface area contributed by atoms with Crippen molar-refractivity contribution < 1.29 is 0 Å². The van der Waals surface area contributed by atoms with Gasteiger partial charge in [0.15, 0.2) is 0 Å². The van der Waals surface area contributed by atoms with Gasteiger partial charge < -0.3 is 0 Å². The summed E-state index contributed by atoms with van der Waals surface area (Å²) in [5.41, 5.74) is 30.6. The van der Waals surface area contributed by atoms with E-state index in [1.807, 2.05) is 36.4 Å². The van der Waals surface area contributed by atoms with Gasteiger partial charge in [0, 0.05) is 34.1 Å². The van der Waals surface area contributed by atoms with Crippen LogP contribution in [0, 0.1) is 41.5 Å². The predicted octanol–water partition coefficient (Wildman–Crippen LogP) is 35.9. The van der Waals surface area contributed by atoms with Crippen molar-refractivity contribution in [3.05, 3.63) is 518 Å². The third-order valence-corrected chi connectivity index (χ3v) is 27.3. The highest BCUT2D eigenvalue weighted by molar-refractivity contribution is 6.23. The quantitative estimate of drug-likeness (QED) is 0.113. The van der Waals surface area contributed by atoms with Crippen LogP contribution in [0.5, 0.6) is 0 Å². The van der Waals surface area contributed by atoms with E-state index in [1.165, 1.54) is 197 Å². The van der Waals surface area contributed by atoms with Crippen molar-refractivity contribution in [1.29, 1.82) is 0 Å². The molecule has 0 radical (unpaired) electrons. The van der Waals surface area contributed by atoms with Gasteiger partial charge in [-0.25, -0.2) is 15.0 Å². The zero-order valence-corrected chi connectivity index (χ0v) is 79.0. The molecule has 0 amide bonds. The predicted molar refractivity (Wildman–Crippen MR) is 594 cm³/mol. The first-order chi connectivity index (χ1) is 68.4. The Labute approximate surface area is 810 Å². The molecule has 664 valence electrons. The van der Waals surface area contributed by atoms with E-state index in [0.717, 1.165) is 62.6 Å². The summed E-state index contributed by atoms with van der Waals surface area (Å²) >= 11 is 0. The molecule has 0 saturated carbocycles. The first-order valence-electron chi connectivity index (χ1n) is 48.1. The maximum Gasteiger partial charge on any atom is 0.146 e. The zero-order valence-electron chi connectivity index (χ0n) is 79.0. The van der Waals surface area contributed by atoms with Gasteiger partial charge in [-0.15, -0.1) is 0 Å². The van der Waals surface area contributed by atoms with Gasteiger partial charge in [0.1, 0.15) is 17.3 Å². The third kappa shape index (κ3) is 16.7. The van der Waals surface area contributed by atoms with E-state index in [2.05, 4.69) is 505 Å². The smallest absolute Gasteiger partial charge is 0.146 e. The first kappa shape index (κ1) is 86.9. The molecule has 6 nitrogen and oxygen atoms in total. The number of pyridine rings is 1. The van der Waals surface area contributed by atoms with Gasteiger partial charge in [0.25, 0.3) is 0 Å². The molecular formula is C133H102N6. The molecule has 0 aliphatic carbocycles. The van der Waals surface area contributed by atoms with Crippen molar-refractivity contribution in [3.63, 3.8) is 0 Å². The fourth-order valence-corrected chi connectivity index (χ4v) is 20.7. The summed E-state index contributed by atoms with van der Waals surface area (Å²) in [5, 5.41) is 24.8. The molecule has 139 heavy (non-hydrogen) atoms. The van der Waals surface area contributed by atoms with E-state index < -0.39 is 0 Å². The molecule has 4 aromatic heterocycles. The monoisotopic (exact) mass is 1780 g/mol. The first-order valence-corrected chi connectivity index (χ1v) is 48.1. The minimum absolute atomic E-state index is 0.933. The van der Waals surface area contributed by atoms with Gasteiger partial charge in [-0.2, -0.15) is 0 Å². The number of aryl methyl sites for hydroxylation is 7. The second kappa shape index (κ2) is 38.1. The molecule has 0 aliphatic heterocycles. The van der Waals surface area contributed by atoms with Crippen molar-refractivity contribution >= 4 is 147 Å². The average molecular weight is 1780 g/mol. The molecule has 0 atom stereocenters. The number of aromatic nitrogens is 6. The summed E-state index contributed by atoms with van der Waals surface area (Å²) in [4.78, 5) is 14.4. The molecule has 0 N–H and O–H groups in total. The van der Waals surface area contributed by atoms with Crippen molar-refractivity contribution in [2.24, 2.45) is 0 Å². The number of rotatable bonds is 8. The fraction of sp³-hybridized carbons (Fsp3) is 0.0602. The Hall–Kier alpha value is -17.5. The number of benzene rings is 23. The van der Waals surface area contributed by atoms with Gasteiger partial charge in [0.05, 0.1) is 38.6 Å². The minimum atomic E-state index is 0.933. The zero-order chi connectivity index (χ0) is 94.0. The average Bonchev–Trinajstić information content (AvgIpc) is 1.67. The van der Waals surface area contributed by atoms with Crippen LogP contribution in [0.2, 0.25) is 0 Å². The summed E-state index contributed by atoms with van der Waals surface area (Å²) < 4.78 is 6.76. The third-order valence-electron chi connectivity index (χ3n) is 27.3. The topological polar surface area (TPSA) is 52.9 Å². The Morgan fingerprint density at radius 3 is 1.11 bits per heavy atom. The molecule has 0 unspecified atom stereocenters. The normalized spacial score (nSPS) is 11.3. The van der Waals surface area contributed by atoms with Crippen LogP contribution >= 0.6 is 0 Å². The molecule has 23 aromatic carbocycles. The van der Waals surface area contributed by atoms with Gasteiger partial charge >= 0.3 is 0 Å². The molecule has 4 heterocycles. The highest BCUT2D eigenvalue weighted by atomic mass is 15.1. The molecule has 6 heteroatoms. The molecule has 0 aliphatic rings. The molecule has 27 aromatic rings. The lowest BCUT2D eigenvalue weighted by Crippen LogP contribution is -1.99. The minimum Gasteiger partial charge on any atom is -0.296 e. The van der Waals surface area contributed by atoms with Crippen molar-refractivity contribution in [3.8, 4) is 67.3 Å². The van der Waals surface area contributed by atoms with Gasteiger partial charge in [-0.3, -0.25) is 13.5 Å². The molecular weight excluding hydrogens is 1680 g/mol. The van der Waals surface area contributed by atoms with E-state index in [9.17, 15) is 0 Å². The van der Waals surface area contributed by atoms with E-state index in [4.69, 9.17) is 15.0 Å². The van der Waals surface area contributed by atoms with E-state index in [0.29, 0.717) is 0 Å². The summed E-state index contributed by atoms with van der Waals surface area (Å²) in [6.45, 7) is 15.1. The molecule has 0 spiro atoms.